The van der Waals surface area contributed by atoms with Crippen LogP contribution in [0.1, 0.15) is 44.1 Å². The van der Waals surface area contributed by atoms with Crippen molar-refractivity contribution in [2.24, 2.45) is 0 Å². The molecule has 0 aliphatic heterocycles. The molecule has 0 amide bonds. The fourth-order valence-corrected chi connectivity index (χ4v) is 2.94. The summed E-state index contributed by atoms with van der Waals surface area (Å²) in [6.07, 6.45) is 7.57. The minimum Gasteiger partial charge on any atom is -0.487 e. The zero-order valence-corrected chi connectivity index (χ0v) is 13.1. The van der Waals surface area contributed by atoms with Gasteiger partial charge in [0.25, 0.3) is 0 Å². The second-order valence-electron chi connectivity index (χ2n) is 6.03. The predicted octanol–water partition coefficient (Wildman–Crippen LogP) is 4.20. The third-order valence-electron chi connectivity index (χ3n) is 4.32. The maximum absolute atomic E-state index is 6.32. The Hall–Kier alpha value is -0.540. The average molecular weight is 324 g/mol. The number of nitrogens with one attached hydrogen (secondary N) is 1. The monoisotopic (exact) mass is 323 g/mol. The highest BCUT2D eigenvalue weighted by Crippen LogP contribution is 2.40. The first-order chi connectivity index (χ1) is 9.17. The molecule has 2 saturated carbocycles. The maximum Gasteiger partial charge on any atom is 0.120 e. The smallest absolute Gasteiger partial charge is 0.120 e. The van der Waals surface area contributed by atoms with Gasteiger partial charge in [0.15, 0.2) is 0 Å². The number of halogens is 1. The molecule has 0 heterocycles. The van der Waals surface area contributed by atoms with Crippen LogP contribution in [0.2, 0.25) is 0 Å². The summed E-state index contributed by atoms with van der Waals surface area (Å²) >= 11 is 3.54. The van der Waals surface area contributed by atoms with Crippen molar-refractivity contribution in [2.75, 3.05) is 6.54 Å². The Morgan fingerprint density at radius 3 is 2.74 bits per heavy atom. The van der Waals surface area contributed by atoms with E-state index < -0.39 is 0 Å². The van der Waals surface area contributed by atoms with Gasteiger partial charge in [0.2, 0.25) is 0 Å². The van der Waals surface area contributed by atoms with Crippen molar-refractivity contribution in [3.05, 3.63) is 28.2 Å². The van der Waals surface area contributed by atoms with E-state index in [-0.39, 0.29) is 5.60 Å². The van der Waals surface area contributed by atoms with E-state index in [2.05, 4.69) is 46.4 Å². The summed E-state index contributed by atoms with van der Waals surface area (Å²) in [7, 11) is 0. The van der Waals surface area contributed by atoms with E-state index >= 15 is 0 Å². The molecule has 2 aliphatic carbocycles. The van der Waals surface area contributed by atoms with E-state index in [1.807, 2.05) is 0 Å². The molecule has 2 aliphatic rings. The van der Waals surface area contributed by atoms with Crippen molar-refractivity contribution in [3.8, 4) is 5.75 Å². The lowest BCUT2D eigenvalue weighted by Crippen LogP contribution is -2.45. The van der Waals surface area contributed by atoms with E-state index in [0.29, 0.717) is 0 Å². The normalized spacial score (nSPS) is 20.9. The molecule has 2 fully saturated rings. The van der Waals surface area contributed by atoms with Crippen LogP contribution in [0.3, 0.4) is 0 Å². The van der Waals surface area contributed by atoms with Crippen molar-refractivity contribution >= 4 is 15.9 Å². The third-order valence-corrected chi connectivity index (χ3v) is 5.21. The minimum absolute atomic E-state index is 0.0994. The molecule has 0 radical (unpaired) electrons. The highest BCUT2D eigenvalue weighted by molar-refractivity contribution is 9.10. The Morgan fingerprint density at radius 1 is 1.37 bits per heavy atom. The highest BCUT2D eigenvalue weighted by atomic mass is 79.9. The summed E-state index contributed by atoms with van der Waals surface area (Å²) in [4.78, 5) is 0. The van der Waals surface area contributed by atoms with Crippen LogP contribution in [-0.2, 0) is 0 Å². The lowest BCUT2D eigenvalue weighted by atomic mass is 9.77. The maximum atomic E-state index is 6.32. The van der Waals surface area contributed by atoms with E-state index in [1.165, 1.54) is 37.7 Å². The molecule has 0 saturated heterocycles. The Kier molecular flexibility index (Phi) is 3.86. The number of ether oxygens (including phenoxy) is 1. The summed E-state index contributed by atoms with van der Waals surface area (Å²) < 4.78 is 7.47. The van der Waals surface area contributed by atoms with E-state index in [1.54, 1.807) is 0 Å². The van der Waals surface area contributed by atoms with Gasteiger partial charge in [-0.1, -0.05) is 15.9 Å². The largest absolute Gasteiger partial charge is 0.487 e. The molecular weight excluding hydrogens is 302 g/mol. The van der Waals surface area contributed by atoms with Crippen molar-refractivity contribution < 1.29 is 4.74 Å². The molecule has 19 heavy (non-hydrogen) atoms. The summed E-state index contributed by atoms with van der Waals surface area (Å²) in [6.45, 7) is 3.21. The fourth-order valence-electron chi connectivity index (χ4n) is 2.70. The molecule has 1 aromatic carbocycles. The van der Waals surface area contributed by atoms with Gasteiger partial charge in [-0.3, -0.25) is 0 Å². The Morgan fingerprint density at radius 2 is 2.16 bits per heavy atom. The molecule has 0 spiro atoms. The number of hydrogen-bond donors (Lipinski definition) is 1. The van der Waals surface area contributed by atoms with Crippen LogP contribution in [0.4, 0.5) is 0 Å². The molecule has 3 heteroatoms. The summed E-state index contributed by atoms with van der Waals surface area (Å²) in [5, 5.41) is 3.60. The zero-order chi connectivity index (χ0) is 13.3. The van der Waals surface area contributed by atoms with Crippen LogP contribution in [-0.4, -0.2) is 18.2 Å². The van der Waals surface area contributed by atoms with Gasteiger partial charge in [-0.05, 0) is 75.8 Å². The molecule has 1 N–H and O–H groups in total. The first-order valence-electron chi connectivity index (χ1n) is 7.35. The van der Waals surface area contributed by atoms with Gasteiger partial charge in [0.1, 0.15) is 11.4 Å². The van der Waals surface area contributed by atoms with Gasteiger partial charge < -0.3 is 10.1 Å². The number of benzene rings is 1. The zero-order valence-electron chi connectivity index (χ0n) is 11.5. The summed E-state index contributed by atoms with van der Waals surface area (Å²) in [5.41, 5.74) is 1.34. The van der Waals surface area contributed by atoms with Gasteiger partial charge in [-0.25, -0.2) is 0 Å². The average Bonchev–Trinajstić information content (AvgIpc) is 3.14. The lowest BCUT2D eigenvalue weighted by molar-refractivity contribution is -0.0143. The molecule has 1 aromatic rings. The molecule has 3 rings (SSSR count). The van der Waals surface area contributed by atoms with E-state index in [9.17, 15) is 0 Å². The van der Waals surface area contributed by atoms with Gasteiger partial charge in [-0.2, -0.15) is 0 Å². The molecule has 0 unspecified atom stereocenters. The SMILES string of the molecule is Cc1cc(OC2(CCNC3CC3)CCC2)ccc1Br. The van der Waals surface area contributed by atoms with Gasteiger partial charge in [0.05, 0.1) is 0 Å². The molecule has 0 bridgehead atoms. The van der Waals surface area contributed by atoms with Gasteiger partial charge in [0, 0.05) is 10.5 Å². The van der Waals surface area contributed by atoms with Crippen LogP contribution in [0.25, 0.3) is 0 Å². The minimum atomic E-state index is 0.0994. The van der Waals surface area contributed by atoms with Crippen LogP contribution < -0.4 is 10.1 Å². The number of aryl methyl sites for hydroxylation is 1. The fraction of sp³-hybridized carbons (Fsp3) is 0.625. The van der Waals surface area contributed by atoms with Crippen LogP contribution in [0, 0.1) is 6.92 Å². The third kappa shape index (κ3) is 3.32. The molecule has 0 atom stereocenters. The number of hydrogen-bond acceptors (Lipinski definition) is 2. The molecular formula is C16H22BrNO. The topological polar surface area (TPSA) is 21.3 Å². The van der Waals surface area contributed by atoms with Gasteiger partial charge in [-0.15, -0.1) is 0 Å². The van der Waals surface area contributed by atoms with Crippen LogP contribution >= 0.6 is 15.9 Å². The van der Waals surface area contributed by atoms with Gasteiger partial charge >= 0.3 is 0 Å². The first-order valence-corrected chi connectivity index (χ1v) is 8.15. The van der Waals surface area contributed by atoms with E-state index in [4.69, 9.17) is 4.74 Å². The second-order valence-corrected chi connectivity index (χ2v) is 6.88. The molecule has 2 nitrogen and oxygen atoms in total. The quantitative estimate of drug-likeness (QED) is 0.847. The summed E-state index contributed by atoms with van der Waals surface area (Å²) in [6, 6.07) is 7.09. The Labute approximate surface area is 124 Å². The first kappa shape index (κ1) is 13.4. The highest BCUT2D eigenvalue weighted by Gasteiger charge is 2.39. The lowest BCUT2D eigenvalue weighted by Gasteiger charge is -2.42. The number of rotatable bonds is 6. The molecule has 0 aromatic heterocycles. The van der Waals surface area contributed by atoms with Crippen molar-refractivity contribution in [1.29, 1.82) is 0 Å². The Balaban J connectivity index is 1.59. The van der Waals surface area contributed by atoms with Crippen molar-refractivity contribution in [3.63, 3.8) is 0 Å². The molecule has 104 valence electrons. The second kappa shape index (κ2) is 5.45. The van der Waals surface area contributed by atoms with Crippen molar-refractivity contribution in [1.82, 2.24) is 5.32 Å². The van der Waals surface area contributed by atoms with Crippen LogP contribution in [0.15, 0.2) is 22.7 Å². The predicted molar refractivity (Wildman–Crippen MR) is 81.7 cm³/mol. The Bertz CT molecular complexity index is 452. The summed E-state index contributed by atoms with van der Waals surface area (Å²) in [5.74, 6) is 1.02. The standard InChI is InChI=1S/C16H22BrNO/c1-12-11-14(5-6-15(12)17)19-16(7-2-8-16)9-10-18-13-3-4-13/h5-6,11,13,18H,2-4,7-10H2,1H3. The van der Waals surface area contributed by atoms with E-state index in [0.717, 1.165) is 29.2 Å². The van der Waals surface area contributed by atoms with Crippen LogP contribution in [0.5, 0.6) is 5.75 Å². The van der Waals surface area contributed by atoms with Crippen molar-refractivity contribution in [2.45, 2.75) is 57.1 Å².